The molecule has 0 aliphatic carbocycles. The molecule has 206 valence electrons. The second-order valence-electron chi connectivity index (χ2n) is 8.71. The first kappa shape index (κ1) is 28.2. The first-order valence-corrected chi connectivity index (χ1v) is 12.8. The molecule has 0 bridgehead atoms. The Morgan fingerprint density at radius 1 is 0.925 bits per heavy atom. The molecule has 12 heteroatoms. The predicted octanol–water partition coefficient (Wildman–Crippen LogP) is 4.29. The molecule has 2 amide bonds. The van der Waals surface area contributed by atoms with Crippen LogP contribution in [0.3, 0.4) is 0 Å². The normalized spacial score (nSPS) is 11.5. The zero-order valence-electron chi connectivity index (χ0n) is 21.5. The van der Waals surface area contributed by atoms with E-state index >= 15 is 0 Å². The third-order valence-corrected chi connectivity index (χ3v) is 7.09. The van der Waals surface area contributed by atoms with E-state index in [0.29, 0.717) is 22.7 Å². The van der Waals surface area contributed by atoms with Crippen LogP contribution in [0.25, 0.3) is 0 Å². The summed E-state index contributed by atoms with van der Waals surface area (Å²) in [5.74, 6) is -1.96. The molecule has 9 nitrogen and oxygen atoms in total. The predicted molar refractivity (Wildman–Crippen MR) is 149 cm³/mol. The van der Waals surface area contributed by atoms with Crippen molar-refractivity contribution in [3.05, 3.63) is 94.9 Å². The lowest BCUT2D eigenvalue weighted by molar-refractivity contribution is -0.120. The summed E-state index contributed by atoms with van der Waals surface area (Å²) < 4.78 is 32.2. The third-order valence-electron chi connectivity index (χ3n) is 6.03. The molecule has 1 atom stereocenters. The van der Waals surface area contributed by atoms with Crippen molar-refractivity contribution in [2.75, 3.05) is 29.2 Å². The maximum Gasteiger partial charge on any atom is 0.264 e. The fourth-order valence-electron chi connectivity index (χ4n) is 3.70. The van der Waals surface area contributed by atoms with Gasteiger partial charge in [-0.15, -0.1) is 0 Å². The number of carbonyl (C=O) groups excluding carboxylic acids is 3. The van der Waals surface area contributed by atoms with Crippen molar-refractivity contribution in [1.82, 2.24) is 4.98 Å². The average molecular weight is 566 g/mol. The number of nitrogens with zero attached hydrogens (tertiary/aromatic N) is 3. The highest BCUT2D eigenvalue weighted by atomic mass is 32.1. The minimum Gasteiger partial charge on any atom is -0.484 e. The number of nitrogens with two attached hydrogens (primary N) is 2. The number of thiazole rings is 1. The van der Waals surface area contributed by atoms with Gasteiger partial charge in [0.05, 0.1) is 0 Å². The molecule has 1 aromatic heterocycles. The second kappa shape index (κ2) is 11.9. The highest BCUT2D eigenvalue weighted by Gasteiger charge is 2.27. The molecular weight excluding hydrogens is 540 g/mol. The van der Waals surface area contributed by atoms with Gasteiger partial charge in [0.15, 0.2) is 11.7 Å². The fourth-order valence-corrected chi connectivity index (χ4v) is 4.75. The number of ether oxygens (including phenoxy) is 1. The molecule has 40 heavy (non-hydrogen) atoms. The number of hydrogen-bond acceptors (Lipinski definition) is 8. The van der Waals surface area contributed by atoms with Crippen molar-refractivity contribution in [1.29, 1.82) is 0 Å². The molecule has 4 N–H and O–H groups in total. The van der Waals surface area contributed by atoms with Crippen LogP contribution in [-0.4, -0.2) is 42.3 Å². The quantitative estimate of drug-likeness (QED) is 0.274. The number of carbonyl (C=O) groups is 3. The smallest absolute Gasteiger partial charge is 0.264 e. The summed E-state index contributed by atoms with van der Waals surface area (Å²) in [5, 5.41) is 0.238. The Hall–Kier alpha value is -4.84. The fraction of sp³-hybridized carbons (Fsp3) is 0.143. The molecule has 0 saturated carbocycles. The van der Waals surface area contributed by atoms with Crippen molar-refractivity contribution >= 4 is 51.3 Å². The average Bonchev–Trinajstić information content (AvgIpc) is 3.33. The Bertz CT molecular complexity index is 1530. The number of rotatable bonds is 10. The van der Waals surface area contributed by atoms with Crippen molar-refractivity contribution in [3.63, 3.8) is 0 Å². The maximum atomic E-state index is 13.5. The van der Waals surface area contributed by atoms with Crippen molar-refractivity contribution in [2.45, 2.75) is 13.0 Å². The minimum absolute atomic E-state index is 0.0384. The van der Waals surface area contributed by atoms with Crippen LogP contribution in [0.4, 0.5) is 31.1 Å². The van der Waals surface area contributed by atoms with Gasteiger partial charge in [-0.2, -0.15) is 0 Å². The number of halogens is 2. The molecule has 4 rings (SSSR count). The van der Waals surface area contributed by atoms with Gasteiger partial charge in [-0.05, 0) is 79.7 Å². The van der Waals surface area contributed by atoms with E-state index in [9.17, 15) is 23.2 Å². The summed E-state index contributed by atoms with van der Waals surface area (Å²) in [7, 11) is 1.55. The number of amides is 2. The van der Waals surface area contributed by atoms with E-state index in [1.165, 1.54) is 82.6 Å². The van der Waals surface area contributed by atoms with E-state index in [2.05, 4.69) is 4.98 Å². The summed E-state index contributed by atoms with van der Waals surface area (Å²) in [4.78, 5) is 44.9. The summed E-state index contributed by atoms with van der Waals surface area (Å²) >= 11 is 0.970. The standard InChI is InChI=1S/C28H25F2N5O4S/c1-16(27(32)38)35(21-11-7-19(30)8-12-21)28-33-26(31)25(40-28)24(37)17-3-13-22(14-4-17)39-15-23(36)34(2)20-9-5-18(29)6-10-20/h3-14,16H,15,31H2,1-2H3,(H2,32,38). The van der Waals surface area contributed by atoms with E-state index in [1.54, 1.807) is 14.0 Å². The molecule has 0 fully saturated rings. The molecule has 1 heterocycles. The van der Waals surface area contributed by atoms with Gasteiger partial charge in [-0.1, -0.05) is 11.3 Å². The number of ketones is 1. The Balaban J connectivity index is 1.47. The number of anilines is 4. The molecule has 4 aromatic rings. The molecule has 3 aromatic carbocycles. The lowest BCUT2D eigenvalue weighted by Crippen LogP contribution is -2.39. The maximum absolute atomic E-state index is 13.5. The van der Waals surface area contributed by atoms with Gasteiger partial charge < -0.3 is 26.0 Å². The Morgan fingerprint density at radius 3 is 2.02 bits per heavy atom. The summed E-state index contributed by atoms with van der Waals surface area (Å²) in [6, 6.07) is 16.1. The number of aromatic nitrogens is 1. The van der Waals surface area contributed by atoms with Crippen molar-refractivity contribution in [3.8, 4) is 5.75 Å². The number of benzene rings is 3. The van der Waals surface area contributed by atoms with Crippen LogP contribution in [0.2, 0.25) is 0 Å². The lowest BCUT2D eigenvalue weighted by Gasteiger charge is -2.26. The van der Waals surface area contributed by atoms with Gasteiger partial charge in [0, 0.05) is 24.0 Å². The Kier molecular flexibility index (Phi) is 8.39. The van der Waals surface area contributed by atoms with Crippen LogP contribution in [0.15, 0.2) is 72.8 Å². The highest BCUT2D eigenvalue weighted by Crippen LogP contribution is 2.36. The van der Waals surface area contributed by atoms with Crippen LogP contribution in [0.5, 0.6) is 5.75 Å². The summed E-state index contributed by atoms with van der Waals surface area (Å²) in [5.41, 5.74) is 12.9. The van der Waals surface area contributed by atoms with Crippen LogP contribution >= 0.6 is 11.3 Å². The van der Waals surface area contributed by atoms with Crippen LogP contribution in [0, 0.1) is 11.6 Å². The lowest BCUT2D eigenvalue weighted by atomic mass is 10.1. The van der Waals surface area contributed by atoms with Gasteiger partial charge >= 0.3 is 0 Å². The zero-order valence-corrected chi connectivity index (χ0v) is 22.3. The van der Waals surface area contributed by atoms with Gasteiger partial charge in [-0.3, -0.25) is 14.4 Å². The van der Waals surface area contributed by atoms with E-state index in [1.807, 2.05) is 0 Å². The van der Waals surface area contributed by atoms with Gasteiger partial charge in [0.25, 0.3) is 5.91 Å². The third kappa shape index (κ3) is 6.24. The van der Waals surface area contributed by atoms with Gasteiger partial charge in [0.2, 0.25) is 11.7 Å². The summed E-state index contributed by atoms with van der Waals surface area (Å²) in [6.45, 7) is 1.29. The highest BCUT2D eigenvalue weighted by molar-refractivity contribution is 7.18. The molecule has 0 aliphatic rings. The molecule has 0 aliphatic heterocycles. The topological polar surface area (TPSA) is 132 Å². The molecule has 0 radical (unpaired) electrons. The first-order chi connectivity index (χ1) is 19.0. The van der Waals surface area contributed by atoms with Gasteiger partial charge in [0.1, 0.15) is 34.1 Å². The minimum atomic E-state index is -0.861. The van der Waals surface area contributed by atoms with E-state index in [0.717, 1.165) is 11.3 Å². The largest absolute Gasteiger partial charge is 0.484 e. The SMILES string of the molecule is CC(C(N)=O)N(c1ccc(F)cc1)c1nc(N)c(C(=O)c2ccc(OCC(=O)N(C)c3ccc(F)cc3)cc2)s1. The molecule has 0 saturated heterocycles. The van der Waals surface area contributed by atoms with Crippen molar-refractivity contribution in [2.24, 2.45) is 5.73 Å². The van der Waals surface area contributed by atoms with Crippen LogP contribution < -0.4 is 26.0 Å². The Morgan fingerprint density at radius 2 is 1.48 bits per heavy atom. The summed E-state index contributed by atoms with van der Waals surface area (Å²) in [6.07, 6.45) is 0. The molecule has 1 unspecified atom stereocenters. The monoisotopic (exact) mass is 565 g/mol. The van der Waals surface area contributed by atoms with E-state index in [-0.39, 0.29) is 28.3 Å². The second-order valence-corrected chi connectivity index (χ2v) is 9.68. The zero-order chi connectivity index (χ0) is 29.0. The number of primary amides is 1. The number of hydrogen-bond donors (Lipinski definition) is 2. The first-order valence-electron chi connectivity index (χ1n) is 11.9. The van der Waals surface area contributed by atoms with E-state index < -0.39 is 29.4 Å². The van der Waals surface area contributed by atoms with Crippen molar-refractivity contribution < 1.29 is 27.9 Å². The number of likely N-dealkylation sites (N-methyl/N-ethyl adjacent to an activating group) is 1. The number of nitrogen functional groups attached to an aromatic ring is 1. The van der Waals surface area contributed by atoms with Gasteiger partial charge in [-0.25, -0.2) is 13.8 Å². The Labute approximate surface area is 232 Å². The molecular formula is C28H25F2N5O4S. The van der Waals surface area contributed by atoms with Crippen LogP contribution in [-0.2, 0) is 9.59 Å². The molecule has 0 spiro atoms. The van der Waals surface area contributed by atoms with Crippen LogP contribution in [0.1, 0.15) is 22.2 Å². The van der Waals surface area contributed by atoms with E-state index in [4.69, 9.17) is 16.2 Å².